The first kappa shape index (κ1) is 46.2. The molecule has 6 nitrogen and oxygen atoms in total. The van der Waals surface area contributed by atoms with Crippen LogP contribution in [0.15, 0.2) is 73.8 Å². The zero-order chi connectivity index (χ0) is 35.9. The minimum absolute atomic E-state index is 0.169. The minimum Gasteiger partial charge on any atom is -0.365 e. The maximum absolute atomic E-state index is 12.6. The van der Waals surface area contributed by atoms with Gasteiger partial charge in [-0.25, -0.2) is 0 Å². The maximum atomic E-state index is 12.6. The second-order valence-electron chi connectivity index (χ2n) is 12.1. The van der Waals surface area contributed by atoms with Gasteiger partial charge in [-0.2, -0.15) is 0 Å². The molecule has 2 fully saturated rings. The Bertz CT molecular complexity index is 995. The fourth-order valence-electron chi connectivity index (χ4n) is 3.77. The Labute approximate surface area is 290 Å². The average molecular weight is 652 g/mol. The molecule has 2 atom stereocenters. The van der Waals surface area contributed by atoms with Crippen LogP contribution in [0.1, 0.15) is 135 Å². The average Bonchev–Trinajstić information content (AvgIpc) is 4.02. The zero-order valence-electron chi connectivity index (χ0n) is 31.3. The molecule has 2 unspecified atom stereocenters. The van der Waals surface area contributed by atoms with Crippen molar-refractivity contribution in [1.82, 2.24) is 10.6 Å². The number of nitrogens with one attached hydrogen (secondary N) is 2. The third-order valence-electron chi connectivity index (χ3n) is 7.13. The van der Waals surface area contributed by atoms with Crippen LogP contribution < -0.4 is 27.8 Å². The van der Waals surface area contributed by atoms with Gasteiger partial charge in [0.1, 0.15) is 0 Å². The highest BCUT2D eigenvalue weighted by Gasteiger charge is 2.19. The smallest absolute Gasteiger partial charge is 0.238 e. The van der Waals surface area contributed by atoms with E-state index in [0.29, 0.717) is 18.9 Å². The van der Waals surface area contributed by atoms with Gasteiger partial charge in [0.25, 0.3) is 0 Å². The molecule has 0 spiro atoms. The number of allylic oxidation sites excluding steroid dienone is 1. The second-order valence-corrected chi connectivity index (χ2v) is 12.1. The number of carbonyl (C=O) groups excluding carboxylic acids is 1. The Morgan fingerprint density at radius 1 is 0.915 bits per heavy atom. The summed E-state index contributed by atoms with van der Waals surface area (Å²) in [6.45, 7) is 23.4. The van der Waals surface area contributed by atoms with E-state index < -0.39 is 6.04 Å². The van der Waals surface area contributed by atoms with E-state index in [2.05, 4.69) is 87.9 Å². The molecule has 2 aromatic carbocycles. The standard InChI is InChI=1S/C25H36N4O.C5H10.C3H9N.2C3H6.C2H6/c1-18(2)21-12-14-22(15-13-21)19(3)28-24(16-11-20-8-5-4-6-9-20)29-25(30)23(27)10-7-17-26;1-2-5-3-4-5;1-2-3-4;1-2-3-1;1-3-2;1-2/h4-6,8-9,12-15,18,23-24,28H,3,7,10-11,16-17,26-27H2,1-2H3,(H,29,30);5H,2-4H2,1H3;2-4H2,1H3;1-3H2;3H,1H2,2H3;1-2H3. The number of benzene rings is 2. The molecular weight excluding hydrogens is 578 g/mol. The molecule has 0 radical (unpaired) electrons. The van der Waals surface area contributed by atoms with E-state index in [-0.39, 0.29) is 12.1 Å². The van der Waals surface area contributed by atoms with Gasteiger partial charge in [-0.3, -0.25) is 4.79 Å². The van der Waals surface area contributed by atoms with E-state index >= 15 is 0 Å². The van der Waals surface area contributed by atoms with Gasteiger partial charge in [-0.05, 0) is 80.6 Å². The van der Waals surface area contributed by atoms with Crippen molar-refractivity contribution in [3.05, 3.63) is 90.5 Å². The van der Waals surface area contributed by atoms with Gasteiger partial charge < -0.3 is 27.8 Å². The first-order chi connectivity index (χ1) is 22.7. The Morgan fingerprint density at radius 3 is 1.83 bits per heavy atom. The first-order valence-corrected chi connectivity index (χ1v) is 18.3. The van der Waals surface area contributed by atoms with Gasteiger partial charge in [0.15, 0.2) is 0 Å². The van der Waals surface area contributed by atoms with Crippen molar-refractivity contribution in [2.24, 2.45) is 23.1 Å². The van der Waals surface area contributed by atoms with Crippen LogP contribution in [0.4, 0.5) is 0 Å². The largest absolute Gasteiger partial charge is 0.365 e. The van der Waals surface area contributed by atoms with Crippen LogP contribution in [-0.2, 0) is 11.2 Å². The molecular formula is C41H73N5O. The van der Waals surface area contributed by atoms with Gasteiger partial charge >= 0.3 is 0 Å². The summed E-state index contributed by atoms with van der Waals surface area (Å²) < 4.78 is 0. The molecule has 0 heterocycles. The number of rotatable bonds is 14. The third-order valence-corrected chi connectivity index (χ3v) is 7.13. The van der Waals surface area contributed by atoms with E-state index in [1.165, 1.54) is 49.7 Å². The molecule has 2 aromatic rings. The topological polar surface area (TPSA) is 119 Å². The molecule has 0 bridgehead atoms. The summed E-state index contributed by atoms with van der Waals surface area (Å²) in [4.78, 5) is 12.6. The van der Waals surface area contributed by atoms with E-state index in [4.69, 9.17) is 17.2 Å². The predicted octanol–water partition coefficient (Wildman–Crippen LogP) is 9.06. The van der Waals surface area contributed by atoms with Gasteiger partial charge in [0.2, 0.25) is 5.91 Å². The van der Waals surface area contributed by atoms with Crippen molar-refractivity contribution >= 4 is 11.6 Å². The minimum atomic E-state index is -0.562. The number of amides is 1. The molecule has 2 aliphatic rings. The number of carbonyl (C=O) groups is 1. The molecule has 0 saturated heterocycles. The van der Waals surface area contributed by atoms with Crippen molar-refractivity contribution in [2.75, 3.05) is 13.1 Å². The fraction of sp³-hybridized carbons (Fsp3) is 0.585. The highest BCUT2D eigenvalue weighted by Crippen LogP contribution is 2.31. The van der Waals surface area contributed by atoms with Crippen molar-refractivity contribution < 1.29 is 4.79 Å². The van der Waals surface area contributed by atoms with Gasteiger partial charge in [0.05, 0.1) is 12.2 Å². The normalized spacial score (nSPS) is 13.3. The second kappa shape index (κ2) is 31.7. The highest BCUT2D eigenvalue weighted by molar-refractivity contribution is 5.81. The number of hydrogen-bond acceptors (Lipinski definition) is 5. The van der Waals surface area contributed by atoms with Crippen LogP contribution in [-0.4, -0.2) is 31.2 Å². The lowest BCUT2D eigenvalue weighted by Crippen LogP contribution is -2.50. The first-order valence-electron chi connectivity index (χ1n) is 18.3. The zero-order valence-corrected chi connectivity index (χ0v) is 31.3. The summed E-state index contributed by atoms with van der Waals surface area (Å²) in [6, 6.07) is 18.0. The van der Waals surface area contributed by atoms with Gasteiger partial charge in [0, 0.05) is 5.70 Å². The number of aryl methyl sites for hydroxylation is 1. The summed E-state index contributed by atoms with van der Waals surface area (Å²) in [5, 5.41) is 6.44. The quantitative estimate of drug-likeness (QED) is 0.103. The van der Waals surface area contributed by atoms with Crippen molar-refractivity contribution in [1.29, 1.82) is 0 Å². The van der Waals surface area contributed by atoms with Crippen molar-refractivity contribution in [3.8, 4) is 0 Å². The van der Waals surface area contributed by atoms with Gasteiger partial charge in [-0.15, -0.1) is 6.58 Å². The van der Waals surface area contributed by atoms with E-state index in [9.17, 15) is 4.79 Å². The third kappa shape index (κ3) is 27.9. The Hall–Kier alpha value is -2.93. The molecule has 4 rings (SSSR count). The Balaban J connectivity index is 0. The van der Waals surface area contributed by atoms with Gasteiger partial charge in [-0.1, -0.05) is 147 Å². The Morgan fingerprint density at radius 2 is 1.45 bits per heavy atom. The van der Waals surface area contributed by atoms with E-state index in [1.807, 2.05) is 39.0 Å². The summed E-state index contributed by atoms with van der Waals surface area (Å²) in [5.74, 6) is 1.44. The lowest BCUT2D eigenvalue weighted by molar-refractivity contribution is -0.123. The molecule has 1 amide bonds. The molecule has 268 valence electrons. The van der Waals surface area contributed by atoms with Crippen molar-refractivity contribution in [2.45, 2.75) is 137 Å². The summed E-state index contributed by atoms with van der Waals surface area (Å²) in [7, 11) is 0. The van der Waals surface area contributed by atoms with Crippen LogP contribution in [0.25, 0.3) is 5.70 Å². The summed E-state index contributed by atoms with van der Waals surface area (Å²) in [5.41, 5.74) is 20.9. The predicted molar refractivity (Wildman–Crippen MR) is 209 cm³/mol. The van der Waals surface area contributed by atoms with Crippen LogP contribution >= 0.6 is 0 Å². The molecule has 2 aliphatic carbocycles. The monoisotopic (exact) mass is 652 g/mol. The highest BCUT2D eigenvalue weighted by atomic mass is 16.2. The molecule has 47 heavy (non-hydrogen) atoms. The Kier molecular flexibility index (Phi) is 31.1. The number of nitrogens with two attached hydrogens (primary N) is 3. The molecule has 0 aromatic heterocycles. The summed E-state index contributed by atoms with van der Waals surface area (Å²) in [6.07, 6.45) is 14.4. The fourth-order valence-corrected chi connectivity index (χ4v) is 3.77. The molecule has 8 N–H and O–H groups in total. The maximum Gasteiger partial charge on any atom is 0.238 e. The van der Waals surface area contributed by atoms with Crippen LogP contribution in [0, 0.1) is 5.92 Å². The molecule has 2 saturated carbocycles. The molecule has 0 aliphatic heterocycles. The van der Waals surface area contributed by atoms with Crippen LogP contribution in [0.2, 0.25) is 0 Å². The lowest BCUT2D eigenvalue weighted by atomic mass is 10.0. The summed E-state index contributed by atoms with van der Waals surface area (Å²) >= 11 is 0. The van der Waals surface area contributed by atoms with Crippen LogP contribution in [0.3, 0.4) is 0 Å². The van der Waals surface area contributed by atoms with Crippen molar-refractivity contribution in [3.63, 3.8) is 0 Å². The van der Waals surface area contributed by atoms with E-state index in [0.717, 1.165) is 49.4 Å². The SMILES string of the molecule is C1CC1.C=C(NC(CCc1ccccc1)NC(=O)C(N)CCCN)c1ccc(C(C)C)cc1.C=CC.CC.CCC1CC1.CCCN. The molecule has 6 heteroatoms. The van der Waals surface area contributed by atoms with E-state index in [1.54, 1.807) is 6.08 Å². The number of hydrogen-bond donors (Lipinski definition) is 5. The van der Waals surface area contributed by atoms with Crippen LogP contribution in [0.5, 0.6) is 0 Å². The lowest BCUT2D eigenvalue weighted by Gasteiger charge is -2.24.